The van der Waals surface area contributed by atoms with Crippen molar-refractivity contribution in [3.05, 3.63) is 56.8 Å². The van der Waals surface area contributed by atoms with Gasteiger partial charge in [-0.15, -0.1) is 0 Å². The predicted octanol–water partition coefficient (Wildman–Crippen LogP) is 4.78. The van der Waals surface area contributed by atoms with E-state index < -0.39 is 30.6 Å². The maximum atomic E-state index is 14.0. The molecule has 0 aliphatic rings. The molecule has 0 saturated carbocycles. The highest BCUT2D eigenvalue weighted by atomic mass is 16.6. The van der Waals surface area contributed by atoms with Gasteiger partial charge in [-0.1, -0.05) is 23.3 Å². The number of carbonyl (C=O) groups is 2. The number of rotatable bonds is 11. The van der Waals surface area contributed by atoms with Crippen LogP contribution >= 0.6 is 0 Å². The Balaban J connectivity index is 2.40. The van der Waals surface area contributed by atoms with Crippen LogP contribution in [0.5, 0.6) is 23.0 Å². The molecule has 1 aromatic heterocycles. The molecule has 0 fully saturated rings. The average Bonchev–Trinajstić information content (AvgIpc) is 2.91. The Hall–Kier alpha value is -4.47. The summed E-state index contributed by atoms with van der Waals surface area (Å²) in [6.07, 6.45) is 4.31. The number of aromatic hydroxyl groups is 1. The first-order valence-corrected chi connectivity index (χ1v) is 12.5. The fourth-order valence-corrected chi connectivity index (χ4v) is 4.06. The molecule has 214 valence electrons. The van der Waals surface area contributed by atoms with E-state index in [2.05, 4.69) is 9.47 Å². The third-order valence-electron chi connectivity index (χ3n) is 6.09. The molecule has 3 aromatic rings. The van der Waals surface area contributed by atoms with Crippen molar-refractivity contribution in [2.24, 2.45) is 0 Å². The molecule has 0 aliphatic heterocycles. The molecular weight excluding hydrogens is 520 g/mol. The highest BCUT2D eigenvalue weighted by molar-refractivity contribution is 5.98. The molecule has 0 amide bonds. The number of ether oxygens (including phenoxy) is 5. The van der Waals surface area contributed by atoms with Gasteiger partial charge in [0, 0.05) is 23.3 Å². The Morgan fingerprint density at radius 3 is 1.82 bits per heavy atom. The van der Waals surface area contributed by atoms with E-state index >= 15 is 0 Å². The lowest BCUT2D eigenvalue weighted by Crippen LogP contribution is -2.15. The van der Waals surface area contributed by atoms with Crippen LogP contribution in [-0.2, 0) is 31.9 Å². The van der Waals surface area contributed by atoms with Gasteiger partial charge in [-0.05, 0) is 40.5 Å². The summed E-state index contributed by atoms with van der Waals surface area (Å²) in [5, 5.41) is 11.5. The van der Waals surface area contributed by atoms with Gasteiger partial charge in [0.1, 0.15) is 28.1 Å². The zero-order valence-corrected chi connectivity index (χ0v) is 23.8. The van der Waals surface area contributed by atoms with Gasteiger partial charge in [0.25, 0.3) is 0 Å². The molecule has 0 radical (unpaired) electrons. The number of hydrogen-bond donors (Lipinski definition) is 1. The lowest BCUT2D eigenvalue weighted by molar-refractivity contribution is -0.143. The minimum absolute atomic E-state index is 0.0352. The summed E-state index contributed by atoms with van der Waals surface area (Å²) in [6.45, 7) is 6.84. The minimum atomic E-state index is -0.615. The number of phenols is 1. The molecule has 2 aromatic carbocycles. The van der Waals surface area contributed by atoms with Crippen LogP contribution in [0, 0.1) is 0 Å². The summed E-state index contributed by atoms with van der Waals surface area (Å²) < 4.78 is 32.4. The van der Waals surface area contributed by atoms with Crippen molar-refractivity contribution in [1.82, 2.24) is 0 Å². The molecule has 0 bridgehead atoms. The van der Waals surface area contributed by atoms with E-state index in [9.17, 15) is 19.5 Å². The van der Waals surface area contributed by atoms with E-state index in [0.29, 0.717) is 17.5 Å². The lowest BCUT2D eigenvalue weighted by Gasteiger charge is -2.17. The number of methoxy groups -OCH3 is 3. The largest absolute Gasteiger partial charge is 0.507 e. The second kappa shape index (κ2) is 13.1. The Morgan fingerprint density at radius 2 is 1.30 bits per heavy atom. The van der Waals surface area contributed by atoms with Crippen molar-refractivity contribution < 1.29 is 42.8 Å². The topological polar surface area (TPSA) is 131 Å². The summed E-state index contributed by atoms with van der Waals surface area (Å²) in [5.41, 5.74) is 2.46. The maximum absolute atomic E-state index is 14.0. The van der Waals surface area contributed by atoms with Gasteiger partial charge in [-0.25, -0.2) is 9.59 Å². The molecule has 1 heterocycles. The first-order valence-electron chi connectivity index (χ1n) is 12.5. The normalized spacial score (nSPS) is 10.7. The van der Waals surface area contributed by atoms with E-state index in [4.69, 9.17) is 18.6 Å². The van der Waals surface area contributed by atoms with Crippen LogP contribution in [0.1, 0.15) is 38.8 Å². The van der Waals surface area contributed by atoms with Gasteiger partial charge in [0.2, 0.25) is 5.43 Å². The summed E-state index contributed by atoms with van der Waals surface area (Å²) in [7, 11) is 3.91. The van der Waals surface area contributed by atoms with Crippen LogP contribution in [0.4, 0.5) is 0 Å². The van der Waals surface area contributed by atoms with Crippen LogP contribution in [0.3, 0.4) is 0 Å². The van der Waals surface area contributed by atoms with E-state index in [-0.39, 0.29) is 51.4 Å². The Kier molecular flexibility index (Phi) is 9.82. The van der Waals surface area contributed by atoms with Gasteiger partial charge >= 0.3 is 11.9 Å². The molecule has 0 atom stereocenters. The van der Waals surface area contributed by atoms with Crippen molar-refractivity contribution in [3.8, 4) is 23.0 Å². The van der Waals surface area contributed by atoms with Crippen molar-refractivity contribution >= 4 is 33.9 Å². The fourth-order valence-electron chi connectivity index (χ4n) is 4.06. The fraction of sp³-hybridized carbons (Fsp3) is 0.367. The molecule has 1 N–H and O–H groups in total. The number of hydrogen-bond acceptors (Lipinski definition) is 10. The molecule has 0 saturated heterocycles. The SMILES string of the molecule is COC(=O)COc1cc2oc3cc(OCC(=O)OC)c(OC)c(CC=C(C)C)c3c(=O)c2c(O)c1CC=C(C)C. The Bertz CT molecular complexity index is 1550. The van der Waals surface area contributed by atoms with Gasteiger partial charge in [0.15, 0.2) is 24.7 Å². The smallest absolute Gasteiger partial charge is 0.343 e. The van der Waals surface area contributed by atoms with Gasteiger partial charge in [-0.2, -0.15) is 0 Å². The number of esters is 2. The number of phenolic OH excluding ortho intramolecular Hbond substituents is 1. The first kappa shape index (κ1) is 30.1. The predicted molar refractivity (Wildman–Crippen MR) is 149 cm³/mol. The summed E-state index contributed by atoms with van der Waals surface area (Å²) >= 11 is 0. The van der Waals surface area contributed by atoms with Crippen LogP contribution < -0.4 is 19.6 Å². The maximum Gasteiger partial charge on any atom is 0.343 e. The lowest BCUT2D eigenvalue weighted by atomic mass is 9.98. The van der Waals surface area contributed by atoms with Gasteiger partial charge in [0.05, 0.1) is 26.7 Å². The third-order valence-corrected chi connectivity index (χ3v) is 6.09. The number of allylic oxidation sites excluding steroid dienone is 4. The number of benzene rings is 2. The molecule has 0 spiro atoms. The van der Waals surface area contributed by atoms with Crippen LogP contribution in [0.15, 0.2) is 44.6 Å². The Labute approximate surface area is 231 Å². The van der Waals surface area contributed by atoms with E-state index in [1.165, 1.54) is 33.5 Å². The number of fused-ring (bicyclic) bond motifs is 2. The molecular formula is C30H34O10. The van der Waals surface area contributed by atoms with Crippen molar-refractivity contribution in [2.75, 3.05) is 34.5 Å². The minimum Gasteiger partial charge on any atom is -0.507 e. The summed E-state index contributed by atoms with van der Waals surface area (Å²) in [6, 6.07) is 2.91. The van der Waals surface area contributed by atoms with Crippen LogP contribution in [0.25, 0.3) is 21.9 Å². The highest BCUT2D eigenvalue weighted by Crippen LogP contribution is 2.41. The quantitative estimate of drug-likeness (QED) is 0.201. The standard InChI is InChI=1S/C30H34O10/c1-16(2)8-10-18-20(38-14-24(31)35-5)12-22-27(28(18)33)29(34)26-19(11-9-17(3)4)30(37-7)23(13-21(26)40-22)39-15-25(32)36-6/h8-9,12-13,33H,10-11,14-15H2,1-7H3. The highest BCUT2D eigenvalue weighted by Gasteiger charge is 2.25. The van der Waals surface area contributed by atoms with E-state index in [0.717, 1.165) is 11.1 Å². The van der Waals surface area contributed by atoms with E-state index in [1.54, 1.807) is 0 Å². The van der Waals surface area contributed by atoms with Crippen molar-refractivity contribution in [2.45, 2.75) is 40.5 Å². The Morgan fingerprint density at radius 1 is 0.800 bits per heavy atom. The molecule has 10 nitrogen and oxygen atoms in total. The zero-order chi connectivity index (χ0) is 29.6. The monoisotopic (exact) mass is 554 g/mol. The number of carbonyl (C=O) groups excluding carboxylic acids is 2. The second-order valence-electron chi connectivity index (χ2n) is 9.47. The van der Waals surface area contributed by atoms with Crippen LogP contribution in [0.2, 0.25) is 0 Å². The molecule has 3 rings (SSSR count). The summed E-state index contributed by atoms with van der Waals surface area (Å²) in [4.78, 5) is 37.6. The van der Waals surface area contributed by atoms with Crippen molar-refractivity contribution in [1.29, 1.82) is 0 Å². The molecule has 0 unspecified atom stereocenters. The first-order chi connectivity index (χ1) is 19.0. The third kappa shape index (κ3) is 6.56. The zero-order valence-electron chi connectivity index (χ0n) is 23.8. The molecule has 40 heavy (non-hydrogen) atoms. The summed E-state index contributed by atoms with van der Waals surface area (Å²) in [5.74, 6) is -0.945. The molecule has 0 aliphatic carbocycles. The average molecular weight is 555 g/mol. The van der Waals surface area contributed by atoms with Gasteiger partial charge in [-0.3, -0.25) is 4.79 Å². The molecule has 10 heteroatoms. The van der Waals surface area contributed by atoms with Crippen LogP contribution in [-0.4, -0.2) is 51.6 Å². The van der Waals surface area contributed by atoms with E-state index in [1.807, 2.05) is 39.8 Å². The van der Waals surface area contributed by atoms with Gasteiger partial charge < -0.3 is 33.2 Å². The van der Waals surface area contributed by atoms with Crippen molar-refractivity contribution in [3.63, 3.8) is 0 Å². The second-order valence-corrected chi connectivity index (χ2v) is 9.47.